The molecular formula is C18H29N5O2. The van der Waals surface area contributed by atoms with Crippen LogP contribution in [0.25, 0.3) is 0 Å². The average molecular weight is 347 g/mol. The first-order chi connectivity index (χ1) is 12.3. The molecule has 1 atom stereocenters. The summed E-state index contributed by atoms with van der Waals surface area (Å²) in [6, 6.07) is 5.72. The molecule has 2 aromatic heterocycles. The Hall–Kier alpha value is -2.28. The van der Waals surface area contributed by atoms with Gasteiger partial charge >= 0.3 is 0 Å². The molecular weight excluding hydrogens is 318 g/mol. The van der Waals surface area contributed by atoms with E-state index in [9.17, 15) is 0 Å². The summed E-state index contributed by atoms with van der Waals surface area (Å²) in [5, 5.41) is 10.8. The van der Waals surface area contributed by atoms with Gasteiger partial charge in [-0.2, -0.15) is 5.10 Å². The monoisotopic (exact) mass is 347 g/mol. The molecule has 2 aromatic rings. The normalized spacial score (nSPS) is 13.0. The Bertz CT molecular complexity index is 581. The lowest BCUT2D eigenvalue weighted by molar-refractivity contribution is 0.105. The fraction of sp³-hybridized carbons (Fsp3) is 0.556. The van der Waals surface area contributed by atoms with Crippen molar-refractivity contribution in [3.63, 3.8) is 0 Å². The number of furan rings is 1. The smallest absolute Gasteiger partial charge is 0.191 e. The molecule has 2 heterocycles. The topological polar surface area (TPSA) is 76.6 Å². The number of aromatic nitrogens is 2. The van der Waals surface area contributed by atoms with Gasteiger partial charge < -0.3 is 19.8 Å². The quantitative estimate of drug-likeness (QED) is 0.370. The molecule has 0 amide bonds. The molecule has 7 heteroatoms. The van der Waals surface area contributed by atoms with Gasteiger partial charge in [-0.1, -0.05) is 6.92 Å². The Morgan fingerprint density at radius 1 is 1.40 bits per heavy atom. The number of nitrogens with one attached hydrogen (secondary N) is 2. The first kappa shape index (κ1) is 19.1. The minimum absolute atomic E-state index is 0.423. The number of guanidine groups is 1. The van der Waals surface area contributed by atoms with Gasteiger partial charge in [0.1, 0.15) is 12.4 Å². The van der Waals surface area contributed by atoms with Crippen LogP contribution in [0, 0.1) is 5.92 Å². The number of nitrogens with zero attached hydrogens (tertiary/aromatic N) is 3. The highest BCUT2D eigenvalue weighted by atomic mass is 16.5. The van der Waals surface area contributed by atoms with Gasteiger partial charge in [-0.05, 0) is 37.5 Å². The van der Waals surface area contributed by atoms with E-state index < -0.39 is 0 Å². The van der Waals surface area contributed by atoms with Gasteiger partial charge in [0.2, 0.25) is 0 Å². The highest BCUT2D eigenvalue weighted by Crippen LogP contribution is 2.02. The molecule has 138 valence electrons. The van der Waals surface area contributed by atoms with Crippen LogP contribution in [0.5, 0.6) is 0 Å². The Labute approximate surface area is 149 Å². The molecule has 0 aromatic carbocycles. The predicted molar refractivity (Wildman–Crippen MR) is 98.4 cm³/mol. The van der Waals surface area contributed by atoms with E-state index in [1.54, 1.807) is 12.5 Å². The van der Waals surface area contributed by atoms with Crippen LogP contribution in [0.2, 0.25) is 0 Å². The maximum atomic E-state index is 5.57. The second-order valence-electron chi connectivity index (χ2n) is 5.97. The van der Waals surface area contributed by atoms with E-state index in [1.807, 2.05) is 29.1 Å². The Morgan fingerprint density at radius 3 is 3.04 bits per heavy atom. The average Bonchev–Trinajstić information content (AvgIpc) is 3.29. The molecule has 25 heavy (non-hydrogen) atoms. The first-order valence-electron chi connectivity index (χ1n) is 8.87. The fourth-order valence-corrected chi connectivity index (χ4v) is 2.32. The maximum Gasteiger partial charge on any atom is 0.191 e. The number of ether oxygens (including phenoxy) is 1. The summed E-state index contributed by atoms with van der Waals surface area (Å²) >= 11 is 0. The summed E-state index contributed by atoms with van der Waals surface area (Å²) in [6.07, 6.45) is 6.35. The lowest BCUT2D eigenvalue weighted by Crippen LogP contribution is -2.38. The number of aliphatic imine (C=N–C) groups is 1. The van der Waals surface area contributed by atoms with Crippen molar-refractivity contribution in [2.75, 3.05) is 26.2 Å². The van der Waals surface area contributed by atoms with Gasteiger partial charge in [0.05, 0.1) is 6.26 Å². The van der Waals surface area contributed by atoms with Crippen molar-refractivity contribution in [1.29, 1.82) is 0 Å². The fourth-order valence-electron chi connectivity index (χ4n) is 2.32. The van der Waals surface area contributed by atoms with Crippen LogP contribution in [0.3, 0.4) is 0 Å². The molecule has 0 saturated heterocycles. The molecule has 0 aliphatic heterocycles. The third-order valence-electron chi connectivity index (χ3n) is 3.55. The summed E-state index contributed by atoms with van der Waals surface area (Å²) in [4.78, 5) is 4.65. The first-order valence-corrected chi connectivity index (χ1v) is 8.87. The third kappa shape index (κ3) is 7.89. The molecule has 2 rings (SSSR count). The van der Waals surface area contributed by atoms with Crippen molar-refractivity contribution < 1.29 is 9.15 Å². The lowest BCUT2D eigenvalue weighted by Gasteiger charge is -2.13. The maximum absolute atomic E-state index is 5.57. The van der Waals surface area contributed by atoms with Gasteiger partial charge in [0.25, 0.3) is 0 Å². The lowest BCUT2D eigenvalue weighted by atomic mass is 10.2. The standard InChI is InChI=1S/C18H29N5O2/c1-3-19-18(21-13-16(2)14-23-10-5-9-22-23)20-8-6-11-24-15-17-7-4-12-25-17/h4-5,7,9-10,12,16H,3,6,8,11,13-15H2,1-2H3,(H2,19,20,21). The van der Waals surface area contributed by atoms with Crippen LogP contribution in [-0.4, -0.2) is 42.0 Å². The summed E-state index contributed by atoms with van der Waals surface area (Å²) in [5.74, 6) is 2.13. The number of hydrogen-bond donors (Lipinski definition) is 2. The number of rotatable bonds is 11. The molecule has 0 saturated carbocycles. The molecule has 2 N–H and O–H groups in total. The Morgan fingerprint density at radius 2 is 2.32 bits per heavy atom. The zero-order chi connectivity index (χ0) is 17.7. The van der Waals surface area contributed by atoms with Crippen molar-refractivity contribution >= 4 is 5.96 Å². The van der Waals surface area contributed by atoms with Crippen molar-refractivity contribution in [3.8, 4) is 0 Å². The van der Waals surface area contributed by atoms with Crippen molar-refractivity contribution in [1.82, 2.24) is 20.4 Å². The van der Waals surface area contributed by atoms with Crippen molar-refractivity contribution in [2.45, 2.75) is 33.4 Å². The van der Waals surface area contributed by atoms with Gasteiger partial charge in [-0.25, -0.2) is 0 Å². The van der Waals surface area contributed by atoms with E-state index in [0.29, 0.717) is 19.1 Å². The highest BCUT2D eigenvalue weighted by Gasteiger charge is 2.04. The van der Waals surface area contributed by atoms with E-state index >= 15 is 0 Å². The summed E-state index contributed by atoms with van der Waals surface area (Å²) < 4.78 is 12.7. The Kier molecular flexibility index (Phi) is 8.61. The zero-order valence-electron chi connectivity index (χ0n) is 15.1. The van der Waals surface area contributed by atoms with Crippen molar-refractivity contribution in [2.24, 2.45) is 10.9 Å². The SMILES string of the molecule is CCNC(=NCC(C)Cn1cccn1)NCCCOCc1ccco1. The zero-order valence-corrected chi connectivity index (χ0v) is 15.1. The highest BCUT2D eigenvalue weighted by molar-refractivity contribution is 5.79. The minimum atomic E-state index is 0.423. The van der Waals surface area contributed by atoms with Gasteiger partial charge in [-0.3, -0.25) is 9.67 Å². The van der Waals surface area contributed by atoms with Gasteiger partial charge in [0.15, 0.2) is 5.96 Å². The van der Waals surface area contributed by atoms with Gasteiger partial charge in [0, 0.05) is 45.2 Å². The van der Waals surface area contributed by atoms with Crippen LogP contribution in [0.4, 0.5) is 0 Å². The molecule has 0 spiro atoms. The van der Waals surface area contributed by atoms with E-state index in [0.717, 1.165) is 44.3 Å². The molecule has 1 unspecified atom stereocenters. The van der Waals surface area contributed by atoms with Crippen LogP contribution in [-0.2, 0) is 17.9 Å². The van der Waals surface area contributed by atoms with Crippen LogP contribution < -0.4 is 10.6 Å². The summed E-state index contributed by atoms with van der Waals surface area (Å²) in [6.45, 7) is 8.73. The second-order valence-corrected chi connectivity index (χ2v) is 5.97. The largest absolute Gasteiger partial charge is 0.467 e. The summed E-state index contributed by atoms with van der Waals surface area (Å²) in [7, 11) is 0. The Balaban J connectivity index is 1.61. The summed E-state index contributed by atoms with van der Waals surface area (Å²) in [5.41, 5.74) is 0. The molecule has 0 bridgehead atoms. The molecule has 7 nitrogen and oxygen atoms in total. The minimum Gasteiger partial charge on any atom is -0.467 e. The van der Waals surface area contributed by atoms with E-state index in [2.05, 4.69) is 34.6 Å². The molecule has 0 aliphatic rings. The molecule has 0 radical (unpaired) electrons. The van der Waals surface area contributed by atoms with Crippen LogP contribution in [0.15, 0.2) is 46.3 Å². The van der Waals surface area contributed by atoms with E-state index in [4.69, 9.17) is 9.15 Å². The molecule has 0 aliphatic carbocycles. The van der Waals surface area contributed by atoms with Crippen LogP contribution in [0.1, 0.15) is 26.0 Å². The number of hydrogen-bond acceptors (Lipinski definition) is 4. The van der Waals surface area contributed by atoms with Crippen LogP contribution >= 0.6 is 0 Å². The molecule has 0 fully saturated rings. The second kappa shape index (κ2) is 11.3. The van der Waals surface area contributed by atoms with E-state index in [1.165, 1.54) is 0 Å². The van der Waals surface area contributed by atoms with E-state index in [-0.39, 0.29) is 0 Å². The predicted octanol–water partition coefficient (Wildman–Crippen LogP) is 2.27. The third-order valence-corrected chi connectivity index (χ3v) is 3.55. The van der Waals surface area contributed by atoms with Crippen molar-refractivity contribution in [3.05, 3.63) is 42.6 Å². The van der Waals surface area contributed by atoms with Gasteiger partial charge in [-0.15, -0.1) is 0 Å².